The largest absolute Gasteiger partial charge is 0.618 e. The third-order valence-corrected chi connectivity index (χ3v) is 6.21. The maximum absolute atomic E-state index is 13.8. The van der Waals surface area contributed by atoms with Crippen molar-refractivity contribution in [1.82, 2.24) is 10.2 Å². The number of rotatable bonds is 4. The zero-order chi connectivity index (χ0) is 23.0. The lowest BCUT2D eigenvalue weighted by Crippen LogP contribution is -2.49. The van der Waals surface area contributed by atoms with E-state index in [4.69, 9.17) is 4.74 Å². The van der Waals surface area contributed by atoms with Crippen molar-refractivity contribution in [3.05, 3.63) is 34.3 Å². The number of ether oxygens (including phenoxy) is 1. The van der Waals surface area contributed by atoms with Crippen molar-refractivity contribution in [2.75, 3.05) is 6.54 Å². The molecule has 0 spiro atoms. The summed E-state index contributed by atoms with van der Waals surface area (Å²) in [4.78, 5) is 28.0. The number of amides is 2. The summed E-state index contributed by atoms with van der Waals surface area (Å²) in [7, 11) is 0. The standard InChI is InChI=1S/C24H37N3O4/c1-16(2)12-24(9-7-19(13-24)25-22(29)31-23(4,5)6)21(28)26-10-8-20-18(15-26)11-17(3)14-27(20)30/h11,14,16,19H,7-10,12-13,15H2,1-6H3,(H,25,29)/t19-,24-/m1/s1. The van der Waals surface area contributed by atoms with Gasteiger partial charge in [0.15, 0.2) is 11.9 Å². The Labute approximate surface area is 185 Å². The molecule has 1 N–H and O–H groups in total. The van der Waals surface area contributed by atoms with Crippen LogP contribution in [0.25, 0.3) is 0 Å². The predicted octanol–water partition coefficient (Wildman–Crippen LogP) is 3.62. The van der Waals surface area contributed by atoms with Crippen molar-refractivity contribution in [1.29, 1.82) is 0 Å². The van der Waals surface area contributed by atoms with Crippen LogP contribution in [0.2, 0.25) is 0 Å². The van der Waals surface area contributed by atoms with Crippen molar-refractivity contribution in [3.8, 4) is 0 Å². The van der Waals surface area contributed by atoms with Gasteiger partial charge in [-0.15, -0.1) is 0 Å². The lowest BCUT2D eigenvalue weighted by atomic mass is 9.76. The van der Waals surface area contributed by atoms with E-state index in [1.807, 2.05) is 38.7 Å². The van der Waals surface area contributed by atoms with E-state index >= 15 is 0 Å². The van der Waals surface area contributed by atoms with Gasteiger partial charge in [-0.1, -0.05) is 13.8 Å². The first-order chi connectivity index (χ1) is 14.4. The van der Waals surface area contributed by atoms with Gasteiger partial charge < -0.3 is 20.2 Å². The Morgan fingerprint density at radius 1 is 1.39 bits per heavy atom. The van der Waals surface area contributed by atoms with E-state index in [-0.39, 0.29) is 11.9 Å². The Bertz CT molecular complexity index is 846. The topological polar surface area (TPSA) is 85.6 Å². The van der Waals surface area contributed by atoms with Crippen LogP contribution in [-0.4, -0.2) is 35.1 Å². The Hall–Kier alpha value is -2.31. The molecule has 2 aliphatic rings. The molecule has 7 nitrogen and oxygen atoms in total. The minimum atomic E-state index is -0.550. The second-order valence-electron chi connectivity index (χ2n) is 10.8. The zero-order valence-electron chi connectivity index (χ0n) is 19.8. The van der Waals surface area contributed by atoms with Gasteiger partial charge in [0.1, 0.15) is 5.60 Å². The van der Waals surface area contributed by atoms with E-state index in [0.29, 0.717) is 31.8 Å². The normalized spacial score (nSPS) is 23.6. The zero-order valence-corrected chi connectivity index (χ0v) is 19.8. The quantitative estimate of drug-likeness (QED) is 0.583. The van der Waals surface area contributed by atoms with Gasteiger partial charge in [-0.25, -0.2) is 4.79 Å². The number of aryl methyl sites for hydroxylation is 1. The van der Waals surface area contributed by atoms with E-state index in [1.165, 1.54) is 0 Å². The van der Waals surface area contributed by atoms with Crippen LogP contribution in [0.1, 0.15) is 77.1 Å². The molecule has 172 valence electrons. The van der Waals surface area contributed by atoms with Gasteiger partial charge in [-0.2, -0.15) is 4.73 Å². The molecular weight excluding hydrogens is 394 g/mol. The molecule has 1 aromatic rings. The van der Waals surface area contributed by atoms with Crippen LogP contribution in [0.15, 0.2) is 12.3 Å². The fourth-order valence-electron chi connectivity index (χ4n) is 5.21. The van der Waals surface area contributed by atoms with Crippen molar-refractivity contribution in [2.24, 2.45) is 11.3 Å². The van der Waals surface area contributed by atoms with Gasteiger partial charge in [0, 0.05) is 23.7 Å². The first-order valence-electron chi connectivity index (χ1n) is 11.4. The van der Waals surface area contributed by atoms with Crippen molar-refractivity contribution in [3.63, 3.8) is 0 Å². The smallest absolute Gasteiger partial charge is 0.407 e. The maximum Gasteiger partial charge on any atom is 0.407 e. The van der Waals surface area contributed by atoms with E-state index in [0.717, 1.165) is 40.8 Å². The molecule has 0 aromatic carbocycles. The van der Waals surface area contributed by atoms with Gasteiger partial charge >= 0.3 is 6.09 Å². The highest BCUT2D eigenvalue weighted by atomic mass is 16.6. The summed E-state index contributed by atoms with van der Waals surface area (Å²) in [5.74, 6) is 0.520. The fraction of sp³-hybridized carbons (Fsp3) is 0.708. The molecule has 0 bridgehead atoms. The first-order valence-corrected chi connectivity index (χ1v) is 11.4. The lowest BCUT2D eigenvalue weighted by molar-refractivity contribution is -0.615. The molecule has 0 saturated heterocycles. The van der Waals surface area contributed by atoms with Crippen LogP contribution < -0.4 is 10.0 Å². The molecule has 7 heteroatoms. The molecule has 3 rings (SSSR count). The van der Waals surface area contributed by atoms with Crippen molar-refractivity contribution in [2.45, 2.75) is 91.8 Å². The number of nitrogens with zero attached hydrogens (tertiary/aromatic N) is 2. The molecule has 0 unspecified atom stereocenters. The van der Waals surface area contributed by atoms with Crippen molar-refractivity contribution < 1.29 is 19.1 Å². The Kier molecular flexibility index (Phi) is 6.53. The summed E-state index contributed by atoms with van der Waals surface area (Å²) in [6, 6.07) is 1.94. The third-order valence-electron chi connectivity index (χ3n) is 6.21. The summed E-state index contributed by atoms with van der Waals surface area (Å²) in [6.45, 7) is 12.7. The van der Waals surface area contributed by atoms with Crippen LogP contribution in [-0.2, 0) is 22.5 Å². The second-order valence-corrected chi connectivity index (χ2v) is 10.8. The van der Waals surface area contributed by atoms with Gasteiger partial charge in [0.2, 0.25) is 5.91 Å². The molecule has 1 aliphatic carbocycles. The van der Waals surface area contributed by atoms with Crippen LogP contribution in [0, 0.1) is 23.5 Å². The van der Waals surface area contributed by atoms with Gasteiger partial charge in [0.05, 0.1) is 18.4 Å². The molecular formula is C24H37N3O4. The number of alkyl carbamates (subject to hydrolysis) is 1. The summed E-state index contributed by atoms with van der Waals surface area (Å²) in [5, 5.41) is 15.2. The van der Waals surface area contributed by atoms with Crippen LogP contribution in [0.3, 0.4) is 0 Å². The average molecular weight is 432 g/mol. The Morgan fingerprint density at radius 3 is 2.74 bits per heavy atom. The monoisotopic (exact) mass is 431 g/mol. The maximum atomic E-state index is 13.8. The van der Waals surface area contributed by atoms with E-state index in [1.54, 1.807) is 6.20 Å². The number of pyridine rings is 1. The summed E-state index contributed by atoms with van der Waals surface area (Å²) in [5.41, 5.74) is 1.58. The Balaban J connectivity index is 1.75. The first kappa shape index (κ1) is 23.4. The number of nitrogens with one attached hydrogen (secondary N) is 1. The lowest BCUT2D eigenvalue weighted by Gasteiger charge is -2.37. The van der Waals surface area contributed by atoms with Gasteiger partial charge in [-0.05, 0) is 65.4 Å². The average Bonchev–Trinajstić information content (AvgIpc) is 3.01. The molecule has 0 radical (unpaired) electrons. The molecule has 1 saturated carbocycles. The van der Waals surface area contributed by atoms with Crippen molar-refractivity contribution >= 4 is 12.0 Å². The van der Waals surface area contributed by atoms with Gasteiger partial charge in [0.25, 0.3) is 0 Å². The highest BCUT2D eigenvalue weighted by Gasteiger charge is 2.48. The highest BCUT2D eigenvalue weighted by molar-refractivity contribution is 5.83. The van der Waals surface area contributed by atoms with Gasteiger partial charge in [-0.3, -0.25) is 4.79 Å². The molecule has 2 heterocycles. The number of hydrogen-bond donors (Lipinski definition) is 1. The molecule has 2 amide bonds. The van der Waals surface area contributed by atoms with Crippen LogP contribution in [0.5, 0.6) is 0 Å². The molecule has 2 atom stereocenters. The molecule has 1 fully saturated rings. The van der Waals surface area contributed by atoms with E-state index < -0.39 is 17.1 Å². The molecule has 1 aromatic heterocycles. The molecule has 31 heavy (non-hydrogen) atoms. The second kappa shape index (κ2) is 8.67. The SMILES string of the molecule is Cc1cc2c([n+]([O-])c1)CCN(C(=O)[C@@]1(CC(C)C)CC[C@@H](NC(=O)OC(C)(C)C)C1)C2. The summed E-state index contributed by atoms with van der Waals surface area (Å²) >= 11 is 0. The van der Waals surface area contributed by atoms with Crippen LogP contribution in [0.4, 0.5) is 4.79 Å². The van der Waals surface area contributed by atoms with Crippen LogP contribution >= 0.6 is 0 Å². The summed E-state index contributed by atoms with van der Waals surface area (Å²) in [6.07, 6.45) is 4.68. The summed E-state index contributed by atoms with van der Waals surface area (Å²) < 4.78 is 6.36. The molecule has 1 aliphatic heterocycles. The predicted molar refractivity (Wildman–Crippen MR) is 118 cm³/mol. The van der Waals surface area contributed by atoms with E-state index in [9.17, 15) is 14.8 Å². The number of fused-ring (bicyclic) bond motifs is 1. The highest BCUT2D eigenvalue weighted by Crippen LogP contribution is 2.45. The van der Waals surface area contributed by atoms with E-state index in [2.05, 4.69) is 19.2 Å². The number of aromatic nitrogens is 1. The number of hydrogen-bond acceptors (Lipinski definition) is 4. The minimum Gasteiger partial charge on any atom is -0.618 e. The number of carbonyl (C=O) groups is 2. The fourth-order valence-corrected chi connectivity index (χ4v) is 5.21. The number of carbonyl (C=O) groups excluding carboxylic acids is 2. The third kappa shape index (κ3) is 5.49. The Morgan fingerprint density at radius 2 is 2.10 bits per heavy atom. The minimum absolute atomic E-state index is 0.0688.